The molecule has 0 radical (unpaired) electrons. The van der Waals surface area contributed by atoms with Gasteiger partial charge in [-0.05, 0) is 36.8 Å². The maximum atomic E-state index is 12.5. The van der Waals surface area contributed by atoms with Gasteiger partial charge in [-0.2, -0.15) is 0 Å². The lowest BCUT2D eigenvalue weighted by Crippen LogP contribution is -2.39. The van der Waals surface area contributed by atoms with Crippen molar-refractivity contribution in [3.8, 4) is 0 Å². The van der Waals surface area contributed by atoms with Crippen LogP contribution in [0.2, 0.25) is 0 Å². The van der Waals surface area contributed by atoms with E-state index in [1.807, 2.05) is 16.7 Å². The topological polar surface area (TPSA) is 34.5 Å². The molecule has 0 saturated carbocycles. The first kappa shape index (κ1) is 17.5. The zero-order valence-electron chi connectivity index (χ0n) is 14.4. The molecule has 2 aromatic rings. The monoisotopic (exact) mass is 366 g/mol. The average Bonchev–Trinajstić information content (AvgIpc) is 2.59. The molecule has 1 fully saturated rings. The number of ether oxygens (including phenoxy) is 1. The Labute approximate surface area is 149 Å². The lowest BCUT2D eigenvalue weighted by Gasteiger charge is -2.32. The van der Waals surface area contributed by atoms with Crippen LogP contribution in [0.25, 0.3) is 10.9 Å². The third-order valence-corrected chi connectivity index (χ3v) is 5.36. The maximum Gasteiger partial charge on any atom is 0.522 e. The zero-order valence-corrected chi connectivity index (χ0v) is 14.4. The first-order chi connectivity index (χ1) is 12.4. The van der Waals surface area contributed by atoms with E-state index in [4.69, 9.17) is 0 Å². The van der Waals surface area contributed by atoms with Gasteiger partial charge < -0.3 is 4.57 Å². The molecule has 0 N–H and O–H groups in total. The first-order valence-electron chi connectivity index (χ1n) is 9.02. The highest BCUT2D eigenvalue weighted by Gasteiger charge is 2.35. The highest BCUT2D eigenvalue weighted by atomic mass is 19.4. The van der Waals surface area contributed by atoms with Crippen LogP contribution in [0.15, 0.2) is 29.1 Å². The van der Waals surface area contributed by atoms with Crippen LogP contribution in [-0.4, -0.2) is 35.0 Å². The molecule has 4 nitrogen and oxygen atoms in total. The average molecular weight is 366 g/mol. The molecule has 0 unspecified atom stereocenters. The van der Waals surface area contributed by atoms with Crippen LogP contribution in [0, 0.1) is 0 Å². The number of pyridine rings is 1. The van der Waals surface area contributed by atoms with Gasteiger partial charge in [0.2, 0.25) is 0 Å². The molecular formula is C19H21F3N2O2. The van der Waals surface area contributed by atoms with Crippen LogP contribution < -0.4 is 5.56 Å². The molecule has 0 aliphatic carbocycles. The second-order valence-corrected chi connectivity index (χ2v) is 7.12. The zero-order chi connectivity index (χ0) is 18.3. The van der Waals surface area contributed by atoms with Gasteiger partial charge in [0.25, 0.3) is 5.56 Å². The van der Waals surface area contributed by atoms with Crippen molar-refractivity contribution in [1.82, 2.24) is 9.47 Å². The minimum absolute atomic E-state index is 0.00920. The van der Waals surface area contributed by atoms with Crippen LogP contribution in [-0.2, 0) is 24.2 Å². The third kappa shape index (κ3) is 3.50. The number of aromatic nitrogens is 1. The Kier molecular flexibility index (Phi) is 4.52. The molecule has 7 heteroatoms. The second kappa shape index (κ2) is 6.70. The summed E-state index contributed by atoms with van der Waals surface area (Å²) in [6, 6.07) is 7.82. The summed E-state index contributed by atoms with van der Waals surface area (Å²) in [6.07, 6.45) is -2.70. The molecule has 2 aliphatic heterocycles. The standard InChI is InChI=1S/C19H21F3N2O2/c20-19(21,22)26-15-6-9-23(10-7-15)12-14-11-17(25)24-8-2-4-13-3-1-5-16(14)18(13)24/h1,3,5,11,15H,2,4,6-10,12H2. The van der Waals surface area contributed by atoms with Crippen molar-refractivity contribution in [2.75, 3.05) is 13.1 Å². The first-order valence-corrected chi connectivity index (χ1v) is 9.02. The molecule has 4 rings (SSSR count). The van der Waals surface area contributed by atoms with Gasteiger partial charge >= 0.3 is 6.36 Å². The number of hydrogen-bond acceptors (Lipinski definition) is 3. The summed E-state index contributed by atoms with van der Waals surface area (Å²) < 4.78 is 43.0. The lowest BCUT2D eigenvalue weighted by atomic mass is 9.98. The van der Waals surface area contributed by atoms with Crippen LogP contribution in [0.4, 0.5) is 13.2 Å². The number of alkyl halides is 3. The smallest absolute Gasteiger partial charge is 0.308 e. The molecule has 0 bridgehead atoms. The minimum atomic E-state index is -4.57. The van der Waals surface area contributed by atoms with Gasteiger partial charge in [-0.3, -0.25) is 14.4 Å². The van der Waals surface area contributed by atoms with Gasteiger partial charge in [0.15, 0.2) is 0 Å². The summed E-state index contributed by atoms with van der Waals surface area (Å²) in [4.78, 5) is 14.6. The van der Waals surface area contributed by atoms with Crippen molar-refractivity contribution in [3.63, 3.8) is 0 Å². The molecule has 3 heterocycles. The molecule has 140 valence electrons. The second-order valence-electron chi connectivity index (χ2n) is 7.12. The molecular weight excluding hydrogens is 345 g/mol. The van der Waals surface area contributed by atoms with Gasteiger partial charge in [0, 0.05) is 37.6 Å². The van der Waals surface area contributed by atoms with E-state index in [-0.39, 0.29) is 5.56 Å². The van der Waals surface area contributed by atoms with Crippen LogP contribution in [0.3, 0.4) is 0 Å². The SMILES string of the molecule is O=c1cc(CN2CCC(OC(F)(F)F)CC2)c2cccc3c2n1CCC3. The fourth-order valence-electron chi connectivity index (χ4n) is 4.18. The van der Waals surface area contributed by atoms with Gasteiger partial charge in [-0.1, -0.05) is 18.2 Å². The molecule has 0 spiro atoms. The maximum absolute atomic E-state index is 12.5. The van der Waals surface area contributed by atoms with Gasteiger partial charge in [-0.25, -0.2) is 0 Å². The van der Waals surface area contributed by atoms with Crippen molar-refractivity contribution >= 4 is 10.9 Å². The molecule has 1 aromatic heterocycles. The van der Waals surface area contributed by atoms with E-state index in [2.05, 4.69) is 15.7 Å². The molecule has 0 amide bonds. The number of nitrogens with zero attached hydrogens (tertiary/aromatic N) is 2. The molecule has 1 saturated heterocycles. The molecule has 0 atom stereocenters. The van der Waals surface area contributed by atoms with E-state index < -0.39 is 12.5 Å². The van der Waals surface area contributed by atoms with Crippen LogP contribution >= 0.6 is 0 Å². The van der Waals surface area contributed by atoms with Crippen molar-refractivity contribution in [1.29, 1.82) is 0 Å². The number of benzene rings is 1. The quantitative estimate of drug-likeness (QED) is 0.835. The Balaban J connectivity index is 1.54. The molecule has 1 aromatic carbocycles. The van der Waals surface area contributed by atoms with E-state index in [0.29, 0.717) is 32.5 Å². The van der Waals surface area contributed by atoms with Gasteiger partial charge in [0.1, 0.15) is 0 Å². The lowest BCUT2D eigenvalue weighted by molar-refractivity contribution is -0.345. The normalized spacial score (nSPS) is 19.2. The van der Waals surface area contributed by atoms with Crippen molar-refractivity contribution in [2.24, 2.45) is 0 Å². The number of likely N-dealkylation sites (tertiary alicyclic amines) is 1. The Bertz CT molecular complexity index is 867. The Morgan fingerprint density at radius 3 is 2.65 bits per heavy atom. The number of aryl methyl sites for hydroxylation is 2. The minimum Gasteiger partial charge on any atom is -0.308 e. The van der Waals surface area contributed by atoms with Crippen molar-refractivity contribution < 1.29 is 17.9 Å². The fraction of sp³-hybridized carbons (Fsp3) is 0.526. The van der Waals surface area contributed by atoms with Crippen molar-refractivity contribution in [3.05, 3.63) is 45.7 Å². The fourth-order valence-corrected chi connectivity index (χ4v) is 4.18. The predicted molar refractivity (Wildman–Crippen MR) is 92.0 cm³/mol. The third-order valence-electron chi connectivity index (χ3n) is 5.36. The van der Waals surface area contributed by atoms with Crippen molar-refractivity contribution in [2.45, 2.75) is 51.2 Å². The number of rotatable bonds is 3. The van der Waals surface area contributed by atoms with Gasteiger partial charge in [-0.15, -0.1) is 13.2 Å². The largest absolute Gasteiger partial charge is 0.522 e. The molecule has 26 heavy (non-hydrogen) atoms. The highest BCUT2D eigenvalue weighted by Crippen LogP contribution is 2.28. The summed E-state index contributed by atoms with van der Waals surface area (Å²) >= 11 is 0. The number of para-hydroxylation sites is 1. The number of piperidine rings is 1. The Hall–Kier alpha value is -1.86. The summed E-state index contributed by atoms with van der Waals surface area (Å²) in [6.45, 7) is 2.39. The summed E-state index contributed by atoms with van der Waals surface area (Å²) in [7, 11) is 0. The molecule has 2 aliphatic rings. The van der Waals surface area contributed by atoms with Crippen LogP contribution in [0.1, 0.15) is 30.4 Å². The summed E-state index contributed by atoms with van der Waals surface area (Å²) in [5.74, 6) is 0. The van der Waals surface area contributed by atoms with E-state index in [1.165, 1.54) is 5.56 Å². The summed E-state index contributed by atoms with van der Waals surface area (Å²) in [5.41, 5.74) is 3.19. The van der Waals surface area contributed by atoms with Crippen LogP contribution in [0.5, 0.6) is 0 Å². The van der Waals surface area contributed by atoms with E-state index in [0.717, 1.165) is 35.9 Å². The van der Waals surface area contributed by atoms with E-state index >= 15 is 0 Å². The van der Waals surface area contributed by atoms with E-state index in [1.54, 1.807) is 6.07 Å². The number of halogens is 3. The highest BCUT2D eigenvalue weighted by molar-refractivity contribution is 5.86. The summed E-state index contributed by atoms with van der Waals surface area (Å²) in [5, 5.41) is 1.08. The van der Waals surface area contributed by atoms with E-state index in [9.17, 15) is 18.0 Å². The Morgan fingerprint density at radius 2 is 1.92 bits per heavy atom. The number of hydrogen-bond donors (Lipinski definition) is 0. The Morgan fingerprint density at radius 1 is 1.15 bits per heavy atom. The van der Waals surface area contributed by atoms with Gasteiger partial charge in [0.05, 0.1) is 11.6 Å². The predicted octanol–water partition coefficient (Wildman–Crippen LogP) is 3.45.